The van der Waals surface area contributed by atoms with Crippen molar-refractivity contribution in [1.82, 2.24) is 15.0 Å². The Labute approximate surface area is 99.9 Å². The van der Waals surface area contributed by atoms with Crippen molar-refractivity contribution < 1.29 is 4.74 Å². The molecule has 0 bridgehead atoms. The summed E-state index contributed by atoms with van der Waals surface area (Å²) < 4.78 is 5.14. The number of hydrogen-bond acceptors (Lipinski definition) is 5. The molecule has 0 aliphatic carbocycles. The first-order valence-electron chi connectivity index (χ1n) is 5.26. The molecule has 0 aliphatic heterocycles. The molecule has 0 saturated heterocycles. The molecule has 0 saturated carbocycles. The first kappa shape index (κ1) is 11.3. The molecule has 17 heavy (non-hydrogen) atoms. The summed E-state index contributed by atoms with van der Waals surface area (Å²) in [7, 11) is 3.41. The lowest BCUT2D eigenvalue weighted by Gasteiger charge is -2.06. The molecule has 0 aliphatic rings. The van der Waals surface area contributed by atoms with Gasteiger partial charge in [0.05, 0.1) is 19.0 Å². The summed E-state index contributed by atoms with van der Waals surface area (Å²) in [5.74, 6) is 1.31. The van der Waals surface area contributed by atoms with Crippen LogP contribution in [0.3, 0.4) is 0 Å². The van der Waals surface area contributed by atoms with Crippen LogP contribution in [0.15, 0.2) is 24.5 Å². The molecular weight excluding hydrogens is 216 g/mol. The predicted molar refractivity (Wildman–Crippen MR) is 66.1 cm³/mol. The molecule has 0 unspecified atom stereocenters. The number of nitrogens with one attached hydrogen (secondary N) is 1. The van der Waals surface area contributed by atoms with E-state index in [4.69, 9.17) is 4.74 Å². The summed E-state index contributed by atoms with van der Waals surface area (Å²) in [6.45, 7) is 1.93. The Balaban J connectivity index is 2.47. The molecule has 1 N–H and O–H groups in total. The van der Waals surface area contributed by atoms with E-state index in [2.05, 4.69) is 20.3 Å². The van der Waals surface area contributed by atoms with E-state index in [1.807, 2.05) is 19.1 Å². The van der Waals surface area contributed by atoms with Gasteiger partial charge in [0.1, 0.15) is 5.75 Å². The van der Waals surface area contributed by atoms with Gasteiger partial charge in [-0.05, 0) is 19.1 Å². The lowest BCUT2D eigenvalue weighted by molar-refractivity contribution is 0.413. The summed E-state index contributed by atoms with van der Waals surface area (Å²) in [4.78, 5) is 12.7. The van der Waals surface area contributed by atoms with Gasteiger partial charge in [0.2, 0.25) is 5.95 Å². The molecule has 0 fully saturated rings. The van der Waals surface area contributed by atoms with Crippen LogP contribution in [0.2, 0.25) is 0 Å². The average molecular weight is 230 g/mol. The van der Waals surface area contributed by atoms with Crippen molar-refractivity contribution in [3.05, 3.63) is 30.2 Å². The molecule has 2 rings (SSSR count). The zero-order valence-corrected chi connectivity index (χ0v) is 10.1. The van der Waals surface area contributed by atoms with Crippen LogP contribution >= 0.6 is 0 Å². The van der Waals surface area contributed by atoms with E-state index in [0.717, 1.165) is 17.0 Å². The van der Waals surface area contributed by atoms with Crippen molar-refractivity contribution in [1.29, 1.82) is 0 Å². The molecule has 0 amide bonds. The lowest BCUT2D eigenvalue weighted by Crippen LogP contribution is -1.99. The minimum Gasteiger partial charge on any atom is -0.495 e. The fraction of sp³-hybridized carbons (Fsp3) is 0.250. The van der Waals surface area contributed by atoms with Crippen LogP contribution in [0.25, 0.3) is 11.3 Å². The van der Waals surface area contributed by atoms with Crippen LogP contribution < -0.4 is 10.1 Å². The van der Waals surface area contributed by atoms with E-state index in [1.165, 1.54) is 0 Å². The van der Waals surface area contributed by atoms with E-state index in [1.54, 1.807) is 26.6 Å². The van der Waals surface area contributed by atoms with E-state index in [-0.39, 0.29) is 0 Å². The Hall–Kier alpha value is -2.17. The number of aryl methyl sites for hydroxylation is 1. The molecule has 0 spiro atoms. The second kappa shape index (κ2) is 4.78. The highest BCUT2D eigenvalue weighted by Crippen LogP contribution is 2.21. The third kappa shape index (κ3) is 2.50. The molecule has 0 atom stereocenters. The topological polar surface area (TPSA) is 59.9 Å². The van der Waals surface area contributed by atoms with Gasteiger partial charge < -0.3 is 10.1 Å². The maximum absolute atomic E-state index is 5.14. The maximum atomic E-state index is 5.14. The van der Waals surface area contributed by atoms with Crippen LogP contribution in [-0.2, 0) is 0 Å². The third-order valence-corrected chi connectivity index (χ3v) is 2.32. The van der Waals surface area contributed by atoms with Crippen molar-refractivity contribution in [2.45, 2.75) is 6.92 Å². The zero-order chi connectivity index (χ0) is 12.3. The Morgan fingerprint density at radius 3 is 2.71 bits per heavy atom. The van der Waals surface area contributed by atoms with Crippen molar-refractivity contribution in [2.24, 2.45) is 0 Å². The normalized spacial score (nSPS) is 10.1. The Bertz CT molecular complexity index is 528. The Kier molecular flexibility index (Phi) is 3.18. The van der Waals surface area contributed by atoms with Gasteiger partial charge in [-0.3, -0.25) is 4.98 Å². The molecule has 2 aromatic rings. The fourth-order valence-electron chi connectivity index (χ4n) is 1.50. The van der Waals surface area contributed by atoms with Crippen LogP contribution in [0.5, 0.6) is 5.75 Å². The Morgan fingerprint density at radius 2 is 2.00 bits per heavy atom. The summed E-state index contributed by atoms with van der Waals surface area (Å²) >= 11 is 0. The van der Waals surface area contributed by atoms with Gasteiger partial charge in [-0.25, -0.2) is 9.97 Å². The van der Waals surface area contributed by atoms with Crippen molar-refractivity contribution in [3.63, 3.8) is 0 Å². The maximum Gasteiger partial charge on any atom is 0.223 e. The number of pyridine rings is 1. The van der Waals surface area contributed by atoms with E-state index < -0.39 is 0 Å². The van der Waals surface area contributed by atoms with Gasteiger partial charge >= 0.3 is 0 Å². The number of aromatic nitrogens is 3. The van der Waals surface area contributed by atoms with Gasteiger partial charge in [-0.1, -0.05) is 0 Å². The number of anilines is 1. The van der Waals surface area contributed by atoms with E-state index in [0.29, 0.717) is 11.7 Å². The monoisotopic (exact) mass is 230 g/mol. The first-order chi connectivity index (χ1) is 8.22. The molecule has 0 aromatic carbocycles. The highest BCUT2D eigenvalue weighted by atomic mass is 16.5. The van der Waals surface area contributed by atoms with Gasteiger partial charge in [0.15, 0.2) is 0 Å². The number of hydrogen-bond donors (Lipinski definition) is 1. The second-order valence-electron chi connectivity index (χ2n) is 3.58. The molecule has 5 heteroatoms. The number of methoxy groups -OCH3 is 1. The highest BCUT2D eigenvalue weighted by Gasteiger charge is 2.05. The summed E-state index contributed by atoms with van der Waals surface area (Å²) in [5, 5.41) is 2.93. The quantitative estimate of drug-likeness (QED) is 0.872. The van der Waals surface area contributed by atoms with E-state index in [9.17, 15) is 0 Å². The average Bonchev–Trinajstić information content (AvgIpc) is 2.38. The SMILES string of the molecule is CNc1nc(C)cc(-c2cncc(OC)c2)n1. The second-order valence-corrected chi connectivity index (χ2v) is 3.58. The van der Waals surface area contributed by atoms with Crippen molar-refractivity contribution in [2.75, 3.05) is 19.5 Å². The summed E-state index contributed by atoms with van der Waals surface area (Å²) in [5.41, 5.74) is 2.64. The zero-order valence-electron chi connectivity index (χ0n) is 10.1. The number of nitrogens with zero attached hydrogens (tertiary/aromatic N) is 3. The predicted octanol–water partition coefficient (Wildman–Crippen LogP) is 1.90. The molecule has 88 valence electrons. The lowest BCUT2D eigenvalue weighted by atomic mass is 10.2. The van der Waals surface area contributed by atoms with E-state index >= 15 is 0 Å². The summed E-state index contributed by atoms with van der Waals surface area (Å²) in [6.07, 6.45) is 3.42. The molecular formula is C12H14N4O. The fourth-order valence-corrected chi connectivity index (χ4v) is 1.50. The molecule has 0 radical (unpaired) electrons. The largest absolute Gasteiger partial charge is 0.495 e. The van der Waals surface area contributed by atoms with Gasteiger partial charge in [0, 0.05) is 24.5 Å². The molecule has 5 nitrogen and oxygen atoms in total. The smallest absolute Gasteiger partial charge is 0.223 e. The van der Waals surface area contributed by atoms with Gasteiger partial charge in [-0.2, -0.15) is 0 Å². The highest BCUT2D eigenvalue weighted by molar-refractivity contribution is 5.61. The van der Waals surface area contributed by atoms with Crippen molar-refractivity contribution in [3.8, 4) is 17.0 Å². The van der Waals surface area contributed by atoms with Crippen LogP contribution in [-0.4, -0.2) is 29.1 Å². The van der Waals surface area contributed by atoms with Crippen LogP contribution in [0.4, 0.5) is 5.95 Å². The van der Waals surface area contributed by atoms with Crippen LogP contribution in [0, 0.1) is 6.92 Å². The van der Waals surface area contributed by atoms with Crippen LogP contribution in [0.1, 0.15) is 5.69 Å². The van der Waals surface area contributed by atoms with Gasteiger partial charge in [0.25, 0.3) is 0 Å². The minimum absolute atomic E-state index is 0.600. The third-order valence-electron chi connectivity index (χ3n) is 2.32. The van der Waals surface area contributed by atoms with Crippen molar-refractivity contribution >= 4 is 5.95 Å². The standard InChI is InChI=1S/C12H14N4O/c1-8-4-11(16-12(13-2)15-8)9-5-10(17-3)7-14-6-9/h4-7H,1-3H3,(H,13,15,16). The first-order valence-corrected chi connectivity index (χ1v) is 5.26. The number of rotatable bonds is 3. The minimum atomic E-state index is 0.600. The van der Waals surface area contributed by atoms with Gasteiger partial charge in [-0.15, -0.1) is 0 Å². The molecule has 2 heterocycles. The molecule has 2 aromatic heterocycles. The Morgan fingerprint density at radius 1 is 1.18 bits per heavy atom. The number of ether oxygens (including phenoxy) is 1. The summed E-state index contributed by atoms with van der Waals surface area (Å²) in [6, 6.07) is 3.81.